The van der Waals surface area contributed by atoms with Crippen LogP contribution in [0.3, 0.4) is 0 Å². The highest BCUT2D eigenvalue weighted by Gasteiger charge is 2.22. The Balaban J connectivity index is 1.78. The number of phenols is 1. The number of phenolic OH excluding ortho intramolecular Hbond substituents is 1. The fraction of sp³-hybridized carbons (Fsp3) is 0.320. The van der Waals surface area contributed by atoms with Crippen LogP contribution in [0.5, 0.6) is 5.75 Å². The van der Waals surface area contributed by atoms with Gasteiger partial charge < -0.3 is 15.1 Å². The van der Waals surface area contributed by atoms with Gasteiger partial charge in [0.05, 0.1) is 11.8 Å². The van der Waals surface area contributed by atoms with Crippen molar-refractivity contribution in [3.63, 3.8) is 0 Å². The number of nitrogens with zero attached hydrogens (tertiary/aromatic N) is 2. The van der Waals surface area contributed by atoms with Crippen molar-refractivity contribution >= 4 is 5.82 Å². The van der Waals surface area contributed by atoms with Crippen LogP contribution in [-0.4, -0.2) is 34.4 Å². The second-order valence-corrected chi connectivity index (χ2v) is 8.86. The van der Waals surface area contributed by atoms with E-state index in [9.17, 15) is 10.2 Å². The Morgan fingerprint density at radius 3 is 2.14 bits per heavy atom. The van der Waals surface area contributed by atoms with Gasteiger partial charge in [0.1, 0.15) is 11.6 Å². The van der Waals surface area contributed by atoms with Gasteiger partial charge in [-0.2, -0.15) is 0 Å². The Bertz CT molecular complexity index is 989. The van der Waals surface area contributed by atoms with Crippen molar-refractivity contribution in [3.05, 3.63) is 66.2 Å². The maximum atomic E-state index is 9.97. The van der Waals surface area contributed by atoms with Gasteiger partial charge in [-0.15, -0.1) is 0 Å². The minimum absolute atomic E-state index is 0.116. The van der Waals surface area contributed by atoms with E-state index < -0.39 is 0 Å². The molecule has 0 amide bonds. The van der Waals surface area contributed by atoms with Crippen LogP contribution in [0, 0.1) is 0 Å². The third kappa shape index (κ3) is 4.28. The van der Waals surface area contributed by atoms with Gasteiger partial charge in [0.15, 0.2) is 0 Å². The summed E-state index contributed by atoms with van der Waals surface area (Å²) in [5, 5.41) is 19.6. The van der Waals surface area contributed by atoms with Crippen molar-refractivity contribution < 1.29 is 10.2 Å². The van der Waals surface area contributed by atoms with Gasteiger partial charge in [0.2, 0.25) is 0 Å². The molecule has 1 aromatic heterocycles. The zero-order valence-corrected chi connectivity index (χ0v) is 17.3. The number of aromatic hydroxyl groups is 1. The Morgan fingerprint density at radius 1 is 0.897 bits per heavy atom. The van der Waals surface area contributed by atoms with Crippen molar-refractivity contribution in [2.75, 3.05) is 18.0 Å². The lowest BCUT2D eigenvalue weighted by atomic mass is 9.86. The Kier molecular flexibility index (Phi) is 5.05. The Labute approximate surface area is 172 Å². The predicted molar refractivity (Wildman–Crippen MR) is 118 cm³/mol. The Hall–Kier alpha value is -2.85. The molecule has 3 aromatic rings. The number of anilines is 1. The predicted octanol–water partition coefficient (Wildman–Crippen LogP) is 4.99. The van der Waals surface area contributed by atoms with Gasteiger partial charge in [-0.25, -0.2) is 4.98 Å². The van der Waals surface area contributed by atoms with Crippen molar-refractivity contribution in [2.45, 2.75) is 38.7 Å². The SMILES string of the molecule is CC(C)(C)c1ccc(-c2cc(-c3ccc(O)cc3)nc(N3CCC(O)C3)c2)cc1. The lowest BCUT2D eigenvalue weighted by Crippen LogP contribution is -2.22. The number of aliphatic hydroxyl groups excluding tert-OH is 1. The average molecular weight is 389 g/mol. The zero-order chi connectivity index (χ0) is 20.6. The van der Waals surface area contributed by atoms with Gasteiger partial charge in [-0.3, -0.25) is 0 Å². The number of pyridine rings is 1. The van der Waals surface area contributed by atoms with Gasteiger partial charge >= 0.3 is 0 Å². The fourth-order valence-corrected chi connectivity index (χ4v) is 3.74. The smallest absolute Gasteiger partial charge is 0.129 e. The van der Waals surface area contributed by atoms with Gasteiger partial charge in [0, 0.05) is 18.7 Å². The first-order chi connectivity index (χ1) is 13.8. The molecule has 1 saturated heterocycles. The number of aliphatic hydroxyl groups is 1. The van der Waals surface area contributed by atoms with Crippen LogP contribution >= 0.6 is 0 Å². The summed E-state index contributed by atoms with van der Waals surface area (Å²) in [5.74, 6) is 1.12. The van der Waals surface area contributed by atoms with E-state index in [2.05, 4.69) is 62.1 Å². The number of hydrogen-bond donors (Lipinski definition) is 2. The average Bonchev–Trinajstić information content (AvgIpc) is 3.14. The lowest BCUT2D eigenvalue weighted by molar-refractivity contribution is 0.198. The molecular weight excluding hydrogens is 360 g/mol. The topological polar surface area (TPSA) is 56.6 Å². The third-order valence-electron chi connectivity index (χ3n) is 5.55. The van der Waals surface area contributed by atoms with E-state index in [0.29, 0.717) is 6.54 Å². The van der Waals surface area contributed by atoms with Crippen molar-refractivity contribution in [2.24, 2.45) is 0 Å². The highest BCUT2D eigenvalue weighted by atomic mass is 16.3. The number of aromatic nitrogens is 1. The molecule has 1 aliphatic heterocycles. The molecule has 0 saturated carbocycles. The zero-order valence-electron chi connectivity index (χ0n) is 17.3. The summed E-state index contributed by atoms with van der Waals surface area (Å²) in [7, 11) is 0. The summed E-state index contributed by atoms with van der Waals surface area (Å²) >= 11 is 0. The monoisotopic (exact) mass is 388 g/mol. The van der Waals surface area contributed by atoms with E-state index >= 15 is 0 Å². The molecule has 0 radical (unpaired) electrons. The molecule has 2 N–H and O–H groups in total. The maximum Gasteiger partial charge on any atom is 0.129 e. The van der Waals surface area contributed by atoms with Gasteiger partial charge in [0.25, 0.3) is 0 Å². The van der Waals surface area contributed by atoms with E-state index in [0.717, 1.165) is 41.2 Å². The normalized spacial score (nSPS) is 17.0. The molecule has 2 aromatic carbocycles. The van der Waals surface area contributed by atoms with Crippen LogP contribution in [0.25, 0.3) is 22.4 Å². The third-order valence-corrected chi connectivity index (χ3v) is 5.55. The number of β-amino-alcohol motifs (C(OH)–C–C–N with tert-alkyl or cyclic N) is 1. The van der Waals surface area contributed by atoms with E-state index in [1.54, 1.807) is 12.1 Å². The molecule has 2 heterocycles. The molecule has 4 heteroatoms. The molecule has 1 unspecified atom stereocenters. The number of hydrogen-bond acceptors (Lipinski definition) is 4. The van der Waals surface area contributed by atoms with Crippen molar-refractivity contribution in [1.29, 1.82) is 0 Å². The summed E-state index contributed by atoms with van der Waals surface area (Å²) in [4.78, 5) is 7.01. The number of rotatable bonds is 3. The standard InChI is InChI=1S/C25H28N2O2/c1-25(2,3)20-8-4-17(5-9-20)19-14-23(18-6-10-21(28)11-7-18)26-24(15-19)27-13-12-22(29)16-27/h4-11,14-15,22,28-29H,12-13,16H2,1-3H3. The van der Waals surface area contributed by atoms with E-state index in [1.807, 2.05) is 12.1 Å². The van der Waals surface area contributed by atoms with E-state index in [4.69, 9.17) is 4.98 Å². The second-order valence-electron chi connectivity index (χ2n) is 8.86. The summed E-state index contributed by atoms with van der Waals surface area (Å²) in [6.07, 6.45) is 0.462. The molecule has 29 heavy (non-hydrogen) atoms. The molecule has 0 aliphatic carbocycles. The minimum Gasteiger partial charge on any atom is -0.508 e. The second kappa shape index (κ2) is 7.53. The van der Waals surface area contributed by atoms with Crippen LogP contribution in [0.1, 0.15) is 32.8 Å². The minimum atomic E-state index is -0.302. The van der Waals surface area contributed by atoms with E-state index in [1.165, 1.54) is 5.56 Å². The Morgan fingerprint density at radius 2 is 1.55 bits per heavy atom. The molecule has 150 valence electrons. The molecule has 0 spiro atoms. The van der Waals surface area contributed by atoms with E-state index in [-0.39, 0.29) is 17.3 Å². The molecule has 4 rings (SSSR count). The largest absolute Gasteiger partial charge is 0.508 e. The molecule has 1 fully saturated rings. The highest BCUT2D eigenvalue weighted by Crippen LogP contribution is 2.32. The summed E-state index contributed by atoms with van der Waals surface area (Å²) in [5.41, 5.74) is 5.47. The first-order valence-corrected chi connectivity index (χ1v) is 10.1. The van der Waals surface area contributed by atoms with Crippen LogP contribution in [0.4, 0.5) is 5.82 Å². The number of benzene rings is 2. The maximum absolute atomic E-state index is 9.97. The summed E-state index contributed by atoms with van der Waals surface area (Å²) < 4.78 is 0. The quantitative estimate of drug-likeness (QED) is 0.664. The molecule has 0 bridgehead atoms. The van der Waals surface area contributed by atoms with Crippen molar-refractivity contribution in [3.8, 4) is 28.1 Å². The van der Waals surface area contributed by atoms with Gasteiger partial charge in [-0.05, 0) is 64.9 Å². The van der Waals surface area contributed by atoms with Crippen LogP contribution < -0.4 is 4.90 Å². The molecule has 4 nitrogen and oxygen atoms in total. The fourth-order valence-electron chi connectivity index (χ4n) is 3.74. The summed E-state index contributed by atoms with van der Waals surface area (Å²) in [6.45, 7) is 8.06. The first-order valence-electron chi connectivity index (χ1n) is 10.1. The first kappa shape index (κ1) is 19.5. The highest BCUT2D eigenvalue weighted by molar-refractivity contribution is 5.74. The molecule has 1 aliphatic rings. The molecular formula is C25H28N2O2. The van der Waals surface area contributed by atoms with Crippen molar-refractivity contribution in [1.82, 2.24) is 4.98 Å². The van der Waals surface area contributed by atoms with Crippen LogP contribution in [0.2, 0.25) is 0 Å². The van der Waals surface area contributed by atoms with Gasteiger partial charge in [-0.1, -0.05) is 45.0 Å². The van der Waals surface area contributed by atoms with Crippen LogP contribution in [-0.2, 0) is 5.41 Å². The summed E-state index contributed by atoms with van der Waals surface area (Å²) in [6, 6.07) is 20.0. The lowest BCUT2D eigenvalue weighted by Gasteiger charge is -2.21. The van der Waals surface area contributed by atoms with Crippen LogP contribution in [0.15, 0.2) is 60.7 Å². The molecule has 1 atom stereocenters.